The van der Waals surface area contributed by atoms with Gasteiger partial charge in [0.05, 0.1) is 22.3 Å². The molecule has 2 N–H and O–H groups in total. The van der Waals surface area contributed by atoms with Crippen molar-refractivity contribution >= 4 is 72.7 Å². The lowest BCUT2D eigenvalue weighted by Crippen LogP contribution is -2.16. The number of halogens is 1. The molecule has 4 aromatic rings. The highest BCUT2D eigenvalue weighted by Gasteiger charge is 2.19. The topological polar surface area (TPSA) is 97.3 Å². The third-order valence-corrected chi connectivity index (χ3v) is 8.13. The minimum Gasteiger partial charge on any atom is -0.320 e. The van der Waals surface area contributed by atoms with Gasteiger partial charge in [-0.2, -0.15) is 0 Å². The highest BCUT2D eigenvalue weighted by molar-refractivity contribution is 7.94. The summed E-state index contributed by atoms with van der Waals surface area (Å²) in [6.45, 7) is 0. The average Bonchev–Trinajstić information content (AvgIpc) is 3.33. The summed E-state index contributed by atoms with van der Waals surface area (Å²) in [5.41, 5.74) is 1.37. The molecule has 1 amide bonds. The van der Waals surface area contributed by atoms with Crippen molar-refractivity contribution in [2.45, 2.75) is 4.21 Å². The number of aryl methyl sites for hydroxylation is 1. The molecule has 0 bridgehead atoms. The Hall–Kier alpha value is -2.66. The summed E-state index contributed by atoms with van der Waals surface area (Å²) in [4.78, 5) is 24.9. The first-order chi connectivity index (χ1) is 14.2. The van der Waals surface area contributed by atoms with Crippen molar-refractivity contribution in [1.82, 2.24) is 3.96 Å². The monoisotopic (exact) mass is 479 g/mol. The third-order valence-electron chi connectivity index (χ3n) is 4.27. The summed E-state index contributed by atoms with van der Waals surface area (Å²) in [5, 5.41) is 5.10. The van der Waals surface area contributed by atoms with E-state index < -0.39 is 15.9 Å². The van der Waals surface area contributed by atoms with Crippen LogP contribution < -0.4 is 14.8 Å². The highest BCUT2D eigenvalue weighted by atomic mass is 35.5. The Morgan fingerprint density at radius 1 is 1.10 bits per heavy atom. The fourth-order valence-corrected chi connectivity index (χ4v) is 5.87. The number of hydrogen-bond donors (Lipinski definition) is 2. The molecule has 2 aromatic heterocycles. The number of carbonyl (C=O) groups is 1. The molecule has 0 saturated carbocycles. The molecular weight excluding hydrogens is 466 g/mol. The summed E-state index contributed by atoms with van der Waals surface area (Å²) in [6, 6.07) is 12.4. The van der Waals surface area contributed by atoms with Gasteiger partial charge in [0, 0.05) is 17.6 Å². The zero-order chi connectivity index (χ0) is 21.5. The molecule has 0 spiro atoms. The molecule has 0 fully saturated rings. The summed E-state index contributed by atoms with van der Waals surface area (Å²) >= 11 is 8.18. The Bertz CT molecular complexity index is 1420. The molecule has 0 unspecified atom stereocenters. The predicted octanol–water partition coefficient (Wildman–Crippen LogP) is 4.37. The van der Waals surface area contributed by atoms with Crippen molar-refractivity contribution in [1.29, 1.82) is 0 Å². The third kappa shape index (κ3) is 3.99. The molecule has 0 aliphatic rings. The Morgan fingerprint density at radius 3 is 2.63 bits per heavy atom. The number of anilines is 2. The molecular formula is C19H14ClN3O4S3. The second kappa shape index (κ2) is 7.88. The smallest absolute Gasteiger partial charge is 0.271 e. The molecule has 0 atom stereocenters. The maximum atomic E-state index is 12.8. The van der Waals surface area contributed by atoms with Crippen LogP contribution in [0.25, 0.3) is 10.9 Å². The van der Waals surface area contributed by atoms with E-state index in [9.17, 15) is 18.0 Å². The van der Waals surface area contributed by atoms with Crippen molar-refractivity contribution in [2.24, 2.45) is 7.05 Å². The van der Waals surface area contributed by atoms with Crippen LogP contribution in [0.5, 0.6) is 0 Å². The van der Waals surface area contributed by atoms with E-state index in [4.69, 9.17) is 11.6 Å². The van der Waals surface area contributed by atoms with E-state index in [2.05, 4.69) is 10.0 Å². The van der Waals surface area contributed by atoms with Gasteiger partial charge in [-0.15, -0.1) is 11.3 Å². The zero-order valence-corrected chi connectivity index (χ0v) is 18.6. The van der Waals surface area contributed by atoms with E-state index >= 15 is 0 Å². The fourth-order valence-electron chi connectivity index (χ4n) is 2.85. The summed E-state index contributed by atoms with van der Waals surface area (Å²) in [7, 11) is -2.04. The normalized spacial score (nSPS) is 11.5. The van der Waals surface area contributed by atoms with E-state index in [0.717, 1.165) is 28.4 Å². The number of nitrogens with one attached hydrogen (secondary N) is 2. The van der Waals surface area contributed by atoms with Crippen LogP contribution in [-0.2, 0) is 17.1 Å². The number of hydrogen-bond acceptors (Lipinski definition) is 6. The average molecular weight is 480 g/mol. The maximum Gasteiger partial charge on any atom is 0.271 e. The fraction of sp³-hybridized carbons (Fsp3) is 0.0526. The first-order valence-electron chi connectivity index (χ1n) is 8.52. The number of benzene rings is 2. The summed E-state index contributed by atoms with van der Waals surface area (Å²) in [5.74, 6) is -0.496. The number of nitrogens with zero attached hydrogens (tertiary/aromatic N) is 1. The summed E-state index contributed by atoms with van der Waals surface area (Å²) in [6.07, 6.45) is 0. The number of carbonyl (C=O) groups excluding carboxylic acids is 1. The van der Waals surface area contributed by atoms with E-state index in [1.807, 2.05) is 0 Å². The van der Waals surface area contributed by atoms with E-state index in [1.54, 1.807) is 34.6 Å². The second-order valence-electron chi connectivity index (χ2n) is 6.29. The minimum atomic E-state index is -3.81. The van der Waals surface area contributed by atoms with Crippen LogP contribution >= 0.6 is 34.5 Å². The van der Waals surface area contributed by atoms with Crippen molar-refractivity contribution in [3.8, 4) is 0 Å². The number of aromatic nitrogens is 1. The molecule has 2 aromatic carbocycles. The standard InChI is InChI=1S/C19H14ClN3O4S3/c1-23-16-7-4-11(9-13(16)19(25)29-23)18(24)21-15-10-12(20)5-6-14(15)22-30(26,27)17-3-2-8-28-17/h2-10,22H,1H3,(H,21,24). The van der Waals surface area contributed by atoms with Crippen molar-refractivity contribution in [2.75, 3.05) is 10.0 Å². The van der Waals surface area contributed by atoms with Crippen LogP contribution in [0.1, 0.15) is 10.4 Å². The molecule has 4 rings (SSSR count). The van der Waals surface area contributed by atoms with Gasteiger partial charge < -0.3 is 5.32 Å². The first-order valence-corrected chi connectivity index (χ1v) is 12.0. The van der Waals surface area contributed by atoms with Crippen molar-refractivity contribution in [3.05, 3.63) is 74.0 Å². The lowest BCUT2D eigenvalue weighted by molar-refractivity contribution is 0.102. The first kappa shape index (κ1) is 20.6. The Morgan fingerprint density at radius 2 is 1.90 bits per heavy atom. The van der Waals surface area contributed by atoms with Crippen LogP contribution in [0.3, 0.4) is 0 Å². The molecule has 154 valence electrons. The number of amides is 1. The van der Waals surface area contributed by atoms with Gasteiger partial charge in [0.15, 0.2) is 0 Å². The molecule has 11 heteroatoms. The number of fused-ring (bicyclic) bond motifs is 1. The molecule has 0 radical (unpaired) electrons. The van der Waals surface area contributed by atoms with Crippen LogP contribution in [0.2, 0.25) is 5.02 Å². The van der Waals surface area contributed by atoms with Gasteiger partial charge in [-0.1, -0.05) is 17.7 Å². The molecule has 0 saturated heterocycles. The number of rotatable bonds is 5. The van der Waals surface area contributed by atoms with Gasteiger partial charge in [0.25, 0.3) is 20.7 Å². The van der Waals surface area contributed by atoms with Gasteiger partial charge in [-0.3, -0.25) is 18.3 Å². The van der Waals surface area contributed by atoms with Gasteiger partial charge >= 0.3 is 0 Å². The second-order valence-corrected chi connectivity index (χ2v) is 10.7. The van der Waals surface area contributed by atoms with Crippen LogP contribution in [-0.4, -0.2) is 18.3 Å². The quantitative estimate of drug-likeness (QED) is 0.444. The van der Waals surface area contributed by atoms with Gasteiger partial charge in [-0.25, -0.2) is 8.42 Å². The van der Waals surface area contributed by atoms with E-state index in [-0.39, 0.29) is 25.9 Å². The lowest BCUT2D eigenvalue weighted by Gasteiger charge is -2.13. The predicted molar refractivity (Wildman–Crippen MR) is 122 cm³/mol. The number of sulfonamides is 1. The van der Waals surface area contributed by atoms with Crippen LogP contribution in [0.15, 0.2) is 62.9 Å². The number of thiophene rings is 1. The molecule has 30 heavy (non-hydrogen) atoms. The van der Waals surface area contributed by atoms with E-state index in [1.165, 1.54) is 30.3 Å². The maximum absolute atomic E-state index is 12.8. The largest absolute Gasteiger partial charge is 0.320 e. The van der Waals surface area contributed by atoms with Crippen molar-refractivity contribution < 1.29 is 13.2 Å². The van der Waals surface area contributed by atoms with Gasteiger partial charge in [0.2, 0.25) is 0 Å². The molecule has 7 nitrogen and oxygen atoms in total. The van der Waals surface area contributed by atoms with Crippen molar-refractivity contribution in [3.63, 3.8) is 0 Å². The SMILES string of the molecule is Cn1sc(=O)c2cc(C(=O)Nc3cc(Cl)ccc3NS(=O)(=O)c3cccs3)ccc21. The van der Waals surface area contributed by atoms with E-state index in [0.29, 0.717) is 10.4 Å². The minimum absolute atomic E-state index is 0.144. The van der Waals surface area contributed by atoms with Gasteiger partial charge in [-0.05, 0) is 59.4 Å². The van der Waals surface area contributed by atoms with Crippen LogP contribution in [0, 0.1) is 0 Å². The molecule has 0 aliphatic heterocycles. The Balaban J connectivity index is 1.66. The van der Waals surface area contributed by atoms with Gasteiger partial charge in [0.1, 0.15) is 4.21 Å². The van der Waals surface area contributed by atoms with Crippen LogP contribution in [0.4, 0.5) is 11.4 Å². The Kier molecular flexibility index (Phi) is 5.41. The zero-order valence-electron chi connectivity index (χ0n) is 15.4. The molecule has 2 heterocycles. The Labute approximate surface area is 184 Å². The molecule has 0 aliphatic carbocycles. The lowest BCUT2D eigenvalue weighted by atomic mass is 10.1. The highest BCUT2D eigenvalue weighted by Crippen LogP contribution is 2.29. The summed E-state index contributed by atoms with van der Waals surface area (Å²) < 4.78 is 29.3.